The lowest BCUT2D eigenvalue weighted by molar-refractivity contribution is -0.136. The first-order chi connectivity index (χ1) is 12.8. The second-order valence-electron chi connectivity index (χ2n) is 5.40. The zero-order valence-electron chi connectivity index (χ0n) is 13.6. The first-order valence-electron chi connectivity index (χ1n) is 7.66. The molecule has 1 aromatic heterocycles. The van der Waals surface area contributed by atoms with Crippen molar-refractivity contribution >= 4 is 34.8 Å². The van der Waals surface area contributed by atoms with Crippen molar-refractivity contribution in [3.05, 3.63) is 77.1 Å². The van der Waals surface area contributed by atoms with Crippen molar-refractivity contribution in [2.45, 2.75) is 6.18 Å². The summed E-state index contributed by atoms with van der Waals surface area (Å²) in [5.74, 6) is -0.564. The summed E-state index contributed by atoms with van der Waals surface area (Å²) < 4.78 is 39.0. The van der Waals surface area contributed by atoms with E-state index < -0.39 is 17.6 Å². The molecule has 1 heterocycles. The molecule has 0 unspecified atom stereocenters. The van der Waals surface area contributed by atoms with Crippen molar-refractivity contribution < 1.29 is 18.0 Å². The van der Waals surface area contributed by atoms with E-state index in [0.29, 0.717) is 10.7 Å². The van der Waals surface area contributed by atoms with Crippen LogP contribution in [0.3, 0.4) is 0 Å². The quantitative estimate of drug-likeness (QED) is 0.644. The van der Waals surface area contributed by atoms with Gasteiger partial charge in [0.1, 0.15) is 0 Å². The molecule has 2 N–H and O–H groups in total. The third kappa shape index (κ3) is 4.53. The third-order valence-corrected chi connectivity index (χ3v) is 3.84. The number of carbonyl (C=O) groups excluding carboxylic acids is 1. The summed E-state index contributed by atoms with van der Waals surface area (Å²) in [6.45, 7) is 0. The number of halogens is 4. The molecule has 0 fully saturated rings. The van der Waals surface area contributed by atoms with Crippen LogP contribution in [0.2, 0.25) is 5.02 Å². The van der Waals surface area contributed by atoms with Crippen LogP contribution in [0.15, 0.2) is 60.9 Å². The number of benzene rings is 2. The first-order valence-corrected chi connectivity index (χ1v) is 8.03. The van der Waals surface area contributed by atoms with Crippen LogP contribution >= 0.6 is 11.6 Å². The molecule has 0 radical (unpaired) electrons. The smallest absolute Gasteiger partial charge is 0.323 e. The van der Waals surface area contributed by atoms with Crippen LogP contribution in [-0.4, -0.2) is 15.9 Å². The molecular weight excluding hydrogens is 381 g/mol. The number of amides is 1. The summed E-state index contributed by atoms with van der Waals surface area (Å²) in [4.78, 5) is 20.2. The molecule has 2 aromatic carbocycles. The number of aromatic nitrogens is 2. The molecule has 138 valence electrons. The second kappa shape index (κ2) is 7.63. The molecule has 3 rings (SSSR count). The summed E-state index contributed by atoms with van der Waals surface area (Å²) in [7, 11) is 0. The second-order valence-corrected chi connectivity index (χ2v) is 5.80. The van der Waals surface area contributed by atoms with Crippen molar-refractivity contribution in [1.29, 1.82) is 0 Å². The van der Waals surface area contributed by atoms with E-state index in [-0.39, 0.29) is 17.2 Å². The number of alkyl halides is 3. The van der Waals surface area contributed by atoms with Gasteiger partial charge in [-0.05, 0) is 24.3 Å². The Morgan fingerprint density at radius 2 is 1.52 bits per heavy atom. The van der Waals surface area contributed by atoms with Crippen LogP contribution in [0.5, 0.6) is 0 Å². The molecule has 0 saturated carbocycles. The van der Waals surface area contributed by atoms with Crippen molar-refractivity contribution in [3.63, 3.8) is 0 Å². The number of nitrogens with zero attached hydrogens (tertiary/aromatic N) is 2. The molecule has 3 aromatic rings. The molecule has 5 nitrogen and oxygen atoms in total. The van der Waals surface area contributed by atoms with Crippen LogP contribution < -0.4 is 10.6 Å². The number of anilines is 3. The highest BCUT2D eigenvalue weighted by Crippen LogP contribution is 2.34. The van der Waals surface area contributed by atoms with Crippen LogP contribution in [0, 0.1) is 0 Å². The van der Waals surface area contributed by atoms with E-state index >= 15 is 0 Å². The van der Waals surface area contributed by atoms with Gasteiger partial charge in [0.25, 0.3) is 5.91 Å². The number of hydrogen-bond acceptors (Lipinski definition) is 4. The fourth-order valence-electron chi connectivity index (χ4n) is 2.23. The summed E-state index contributed by atoms with van der Waals surface area (Å²) in [6.07, 6.45) is -2.17. The minimum atomic E-state index is -4.58. The third-order valence-electron chi connectivity index (χ3n) is 3.52. The van der Waals surface area contributed by atoms with Gasteiger partial charge in [-0.25, -0.2) is 9.97 Å². The van der Waals surface area contributed by atoms with E-state index in [9.17, 15) is 18.0 Å². The Hall–Kier alpha value is -3.13. The summed E-state index contributed by atoms with van der Waals surface area (Å²) in [5.41, 5.74) is -0.684. The highest BCUT2D eigenvalue weighted by Gasteiger charge is 2.33. The maximum absolute atomic E-state index is 13.0. The van der Waals surface area contributed by atoms with Gasteiger partial charge in [0.05, 0.1) is 27.5 Å². The largest absolute Gasteiger partial charge is 0.418 e. The Balaban J connectivity index is 1.75. The number of para-hydroxylation sites is 2. The van der Waals surface area contributed by atoms with Crippen LogP contribution in [-0.2, 0) is 6.18 Å². The Labute approximate surface area is 157 Å². The number of rotatable bonds is 4. The predicted molar refractivity (Wildman–Crippen MR) is 96.2 cm³/mol. The van der Waals surface area contributed by atoms with Crippen LogP contribution in [0.25, 0.3) is 0 Å². The Bertz CT molecular complexity index is 961. The van der Waals surface area contributed by atoms with Gasteiger partial charge < -0.3 is 10.6 Å². The van der Waals surface area contributed by atoms with Crippen molar-refractivity contribution in [3.8, 4) is 0 Å². The van der Waals surface area contributed by atoms with Gasteiger partial charge in [-0.1, -0.05) is 35.9 Å². The lowest BCUT2D eigenvalue weighted by atomic mass is 10.1. The van der Waals surface area contributed by atoms with Gasteiger partial charge in [0, 0.05) is 12.4 Å². The van der Waals surface area contributed by atoms with E-state index in [4.69, 9.17) is 11.6 Å². The number of nitrogens with one attached hydrogen (secondary N) is 2. The topological polar surface area (TPSA) is 66.9 Å². The Kier molecular flexibility index (Phi) is 5.27. The van der Waals surface area contributed by atoms with Crippen molar-refractivity contribution in [2.75, 3.05) is 10.6 Å². The van der Waals surface area contributed by atoms with Gasteiger partial charge in [0.2, 0.25) is 5.95 Å². The van der Waals surface area contributed by atoms with E-state index in [1.807, 2.05) is 0 Å². The molecule has 27 heavy (non-hydrogen) atoms. The highest BCUT2D eigenvalue weighted by atomic mass is 35.5. The minimum Gasteiger partial charge on any atom is -0.323 e. The zero-order chi connectivity index (χ0) is 19.4. The fraction of sp³-hybridized carbons (Fsp3) is 0.0556. The molecule has 0 aliphatic heterocycles. The van der Waals surface area contributed by atoms with Crippen LogP contribution in [0.1, 0.15) is 15.9 Å². The van der Waals surface area contributed by atoms with Crippen molar-refractivity contribution in [1.82, 2.24) is 9.97 Å². The molecule has 0 saturated heterocycles. The molecule has 0 spiro atoms. The molecule has 0 aliphatic carbocycles. The maximum Gasteiger partial charge on any atom is 0.418 e. The van der Waals surface area contributed by atoms with E-state index in [1.165, 1.54) is 30.6 Å². The molecule has 0 aliphatic rings. The molecule has 0 bridgehead atoms. The zero-order valence-corrected chi connectivity index (χ0v) is 14.3. The Morgan fingerprint density at radius 3 is 2.15 bits per heavy atom. The predicted octanol–water partition coefficient (Wildman–Crippen LogP) is 5.14. The van der Waals surface area contributed by atoms with Gasteiger partial charge in [-0.3, -0.25) is 4.79 Å². The Morgan fingerprint density at radius 1 is 0.926 bits per heavy atom. The lowest BCUT2D eigenvalue weighted by Gasteiger charge is -2.13. The normalized spacial score (nSPS) is 11.1. The molecule has 0 atom stereocenters. The van der Waals surface area contributed by atoms with Gasteiger partial charge >= 0.3 is 6.18 Å². The van der Waals surface area contributed by atoms with E-state index in [1.54, 1.807) is 24.3 Å². The van der Waals surface area contributed by atoms with Gasteiger partial charge in [0.15, 0.2) is 0 Å². The molecule has 1 amide bonds. The number of carbonyl (C=O) groups is 1. The monoisotopic (exact) mass is 392 g/mol. The SMILES string of the molecule is O=C(Nc1ccccc1C(F)(F)F)c1cnc(Nc2ccccc2Cl)nc1. The van der Waals surface area contributed by atoms with Crippen molar-refractivity contribution in [2.24, 2.45) is 0 Å². The number of hydrogen-bond donors (Lipinski definition) is 2. The average molecular weight is 393 g/mol. The molecular formula is C18H12ClF3N4O. The van der Waals surface area contributed by atoms with E-state index in [0.717, 1.165) is 6.07 Å². The van der Waals surface area contributed by atoms with Gasteiger partial charge in [-0.2, -0.15) is 13.2 Å². The summed E-state index contributed by atoms with van der Waals surface area (Å²) >= 11 is 6.02. The summed E-state index contributed by atoms with van der Waals surface area (Å²) in [5, 5.41) is 5.58. The highest BCUT2D eigenvalue weighted by molar-refractivity contribution is 6.33. The van der Waals surface area contributed by atoms with E-state index in [2.05, 4.69) is 20.6 Å². The molecule has 9 heteroatoms. The summed E-state index contributed by atoms with van der Waals surface area (Å²) in [6, 6.07) is 11.7. The standard InChI is InChI=1S/C18H12ClF3N4O/c19-13-6-2-4-8-15(13)26-17-23-9-11(10-24-17)16(27)25-14-7-3-1-5-12(14)18(20,21)22/h1-10H,(H,25,27)(H,23,24,26). The average Bonchev–Trinajstić information content (AvgIpc) is 2.64. The lowest BCUT2D eigenvalue weighted by Crippen LogP contribution is -2.17. The van der Waals surface area contributed by atoms with Crippen LogP contribution in [0.4, 0.5) is 30.5 Å². The maximum atomic E-state index is 13.0. The van der Waals surface area contributed by atoms with Gasteiger partial charge in [-0.15, -0.1) is 0 Å². The minimum absolute atomic E-state index is 0.0108. The fourth-order valence-corrected chi connectivity index (χ4v) is 2.41. The first kappa shape index (κ1) is 18.7.